The molecule has 138 valence electrons. The fourth-order valence-corrected chi connectivity index (χ4v) is 2.98. The van der Waals surface area contributed by atoms with Gasteiger partial charge in [0.1, 0.15) is 23.6 Å². The van der Waals surface area contributed by atoms with E-state index in [1.807, 2.05) is 12.3 Å². The molecule has 0 aliphatic heterocycles. The lowest BCUT2D eigenvalue weighted by molar-refractivity contribution is 0.0598. The van der Waals surface area contributed by atoms with Crippen molar-refractivity contribution in [3.63, 3.8) is 0 Å². The summed E-state index contributed by atoms with van der Waals surface area (Å²) < 4.78 is 21.3. The lowest BCUT2D eigenvalue weighted by atomic mass is 10.2. The van der Waals surface area contributed by atoms with E-state index in [0.29, 0.717) is 11.5 Å². The zero-order valence-corrected chi connectivity index (χ0v) is 15.0. The highest BCUT2D eigenvalue weighted by Crippen LogP contribution is 2.25. The topological polar surface area (TPSA) is 126 Å². The minimum Gasteiger partial charge on any atom is -0.466 e. The number of carbonyl (C=O) groups excluding carboxylic acids is 1. The van der Waals surface area contributed by atoms with Gasteiger partial charge >= 0.3 is 11.7 Å². The minimum atomic E-state index is -0.730. The standard InChI is InChI=1S/C16H12N4O6S/c1-8-17-11(7-27-8)12-5-10(19-26-12)14-18-20(16(22)25-14)6-13-9(3-4-24-13)15(21)23-2/h3-5,7H,6H2,1-2H3. The maximum atomic E-state index is 12.1. The van der Waals surface area contributed by atoms with Crippen LogP contribution in [0.3, 0.4) is 0 Å². The molecule has 10 nitrogen and oxygen atoms in total. The molecule has 0 N–H and O–H groups in total. The molecule has 4 heterocycles. The number of nitrogens with zero attached hydrogens (tertiary/aromatic N) is 4. The van der Waals surface area contributed by atoms with Crippen LogP contribution >= 0.6 is 11.3 Å². The Morgan fingerprint density at radius 3 is 2.96 bits per heavy atom. The summed E-state index contributed by atoms with van der Waals surface area (Å²) in [6.07, 6.45) is 1.33. The summed E-state index contributed by atoms with van der Waals surface area (Å²) >= 11 is 1.48. The Morgan fingerprint density at radius 1 is 1.37 bits per heavy atom. The molecule has 4 rings (SSSR count). The molecule has 4 aromatic rings. The fourth-order valence-electron chi connectivity index (χ4n) is 2.37. The molecule has 0 radical (unpaired) electrons. The molecule has 0 saturated heterocycles. The van der Waals surface area contributed by atoms with Crippen molar-refractivity contribution in [1.29, 1.82) is 0 Å². The van der Waals surface area contributed by atoms with Crippen molar-refractivity contribution < 1.29 is 22.9 Å². The van der Waals surface area contributed by atoms with E-state index < -0.39 is 11.7 Å². The molecular weight excluding hydrogens is 376 g/mol. The molecule has 0 unspecified atom stereocenters. The normalized spacial score (nSPS) is 11.0. The van der Waals surface area contributed by atoms with E-state index in [9.17, 15) is 9.59 Å². The van der Waals surface area contributed by atoms with Gasteiger partial charge in [-0.15, -0.1) is 16.4 Å². The Hall–Kier alpha value is -3.47. The summed E-state index contributed by atoms with van der Waals surface area (Å²) in [7, 11) is 1.26. The third-order valence-electron chi connectivity index (χ3n) is 3.65. The molecule has 0 bridgehead atoms. The highest BCUT2D eigenvalue weighted by Gasteiger charge is 2.20. The number of furan rings is 1. The minimum absolute atomic E-state index is 0.0203. The van der Waals surface area contributed by atoms with Crippen LogP contribution < -0.4 is 5.76 Å². The lowest BCUT2D eigenvalue weighted by Crippen LogP contribution is -2.17. The summed E-state index contributed by atoms with van der Waals surface area (Å²) in [4.78, 5) is 28.1. The van der Waals surface area contributed by atoms with E-state index in [1.54, 1.807) is 6.07 Å². The summed E-state index contributed by atoms with van der Waals surface area (Å²) in [5, 5.41) is 10.7. The first-order valence-electron chi connectivity index (χ1n) is 7.67. The lowest BCUT2D eigenvalue weighted by Gasteiger charge is -1.99. The van der Waals surface area contributed by atoms with Crippen LogP contribution in [0.4, 0.5) is 0 Å². The van der Waals surface area contributed by atoms with Crippen molar-refractivity contribution >= 4 is 17.3 Å². The average Bonchev–Trinajstić information content (AvgIpc) is 3.42. The molecule has 0 aliphatic rings. The quantitative estimate of drug-likeness (QED) is 0.473. The summed E-state index contributed by atoms with van der Waals surface area (Å²) in [6.45, 7) is 1.78. The average molecular weight is 388 g/mol. The van der Waals surface area contributed by atoms with Crippen molar-refractivity contribution in [1.82, 2.24) is 19.9 Å². The van der Waals surface area contributed by atoms with Crippen molar-refractivity contribution in [2.45, 2.75) is 13.5 Å². The molecule has 0 atom stereocenters. The van der Waals surface area contributed by atoms with Crippen LogP contribution in [0.1, 0.15) is 21.1 Å². The van der Waals surface area contributed by atoms with Gasteiger partial charge in [-0.3, -0.25) is 0 Å². The highest BCUT2D eigenvalue weighted by molar-refractivity contribution is 7.09. The second-order valence-corrected chi connectivity index (χ2v) is 6.47. The van der Waals surface area contributed by atoms with Gasteiger partial charge in [-0.25, -0.2) is 14.6 Å². The van der Waals surface area contributed by atoms with Gasteiger partial charge in [0.2, 0.25) is 0 Å². The number of rotatable bonds is 5. The van der Waals surface area contributed by atoms with Crippen LogP contribution in [0.5, 0.6) is 0 Å². The van der Waals surface area contributed by atoms with Crippen LogP contribution in [-0.2, 0) is 11.3 Å². The number of aromatic nitrogens is 4. The summed E-state index contributed by atoms with van der Waals surface area (Å²) in [5.41, 5.74) is 1.09. The number of aryl methyl sites for hydroxylation is 1. The number of carbonyl (C=O) groups is 1. The number of methoxy groups -OCH3 is 1. The van der Waals surface area contributed by atoms with Crippen molar-refractivity contribution in [3.05, 3.63) is 50.7 Å². The number of esters is 1. The van der Waals surface area contributed by atoms with E-state index >= 15 is 0 Å². The van der Waals surface area contributed by atoms with Gasteiger partial charge in [-0.05, 0) is 13.0 Å². The van der Waals surface area contributed by atoms with Gasteiger partial charge in [0, 0.05) is 11.4 Å². The van der Waals surface area contributed by atoms with E-state index in [1.165, 1.54) is 30.8 Å². The molecule has 0 saturated carbocycles. The summed E-state index contributed by atoms with van der Waals surface area (Å²) in [6, 6.07) is 3.03. The zero-order valence-electron chi connectivity index (χ0n) is 14.2. The van der Waals surface area contributed by atoms with E-state index in [2.05, 4.69) is 20.0 Å². The van der Waals surface area contributed by atoms with Crippen molar-refractivity contribution in [3.8, 4) is 23.0 Å². The van der Waals surface area contributed by atoms with Gasteiger partial charge < -0.3 is 18.1 Å². The van der Waals surface area contributed by atoms with Crippen LogP contribution in [-0.4, -0.2) is 33.0 Å². The predicted molar refractivity (Wildman–Crippen MR) is 91.3 cm³/mol. The van der Waals surface area contributed by atoms with Gasteiger partial charge in [0.25, 0.3) is 5.89 Å². The molecule has 27 heavy (non-hydrogen) atoms. The van der Waals surface area contributed by atoms with Crippen LogP contribution in [0.15, 0.2) is 41.9 Å². The Kier molecular flexibility index (Phi) is 4.20. The maximum Gasteiger partial charge on any atom is 0.437 e. The van der Waals surface area contributed by atoms with Crippen LogP contribution in [0.2, 0.25) is 0 Å². The highest BCUT2D eigenvalue weighted by atomic mass is 32.1. The van der Waals surface area contributed by atoms with Gasteiger partial charge in [0.15, 0.2) is 11.5 Å². The monoisotopic (exact) mass is 388 g/mol. The Morgan fingerprint density at radius 2 is 2.22 bits per heavy atom. The smallest absolute Gasteiger partial charge is 0.437 e. The van der Waals surface area contributed by atoms with Crippen LogP contribution in [0.25, 0.3) is 23.0 Å². The van der Waals surface area contributed by atoms with Crippen LogP contribution in [0, 0.1) is 6.92 Å². The second kappa shape index (κ2) is 6.68. The van der Waals surface area contributed by atoms with Crippen molar-refractivity contribution in [2.24, 2.45) is 0 Å². The Labute approximate surface area is 155 Å². The van der Waals surface area contributed by atoms with Gasteiger partial charge in [0.05, 0.1) is 18.4 Å². The molecule has 0 amide bonds. The molecule has 0 fully saturated rings. The van der Waals surface area contributed by atoms with E-state index in [-0.39, 0.29) is 29.5 Å². The molecule has 0 aromatic carbocycles. The number of ether oxygens (including phenoxy) is 1. The predicted octanol–water partition coefficient (Wildman–Crippen LogP) is 2.35. The maximum absolute atomic E-state index is 12.1. The fraction of sp³-hybridized carbons (Fsp3) is 0.188. The first-order valence-corrected chi connectivity index (χ1v) is 8.55. The summed E-state index contributed by atoms with van der Waals surface area (Å²) in [5.74, 6) is -0.664. The largest absolute Gasteiger partial charge is 0.466 e. The molecule has 11 heteroatoms. The van der Waals surface area contributed by atoms with Crippen molar-refractivity contribution in [2.75, 3.05) is 7.11 Å². The van der Waals surface area contributed by atoms with E-state index in [0.717, 1.165) is 9.69 Å². The third kappa shape index (κ3) is 3.19. The first kappa shape index (κ1) is 17.0. The number of hydrogen-bond acceptors (Lipinski definition) is 10. The molecule has 4 aromatic heterocycles. The zero-order chi connectivity index (χ0) is 19.0. The molecule has 0 spiro atoms. The van der Waals surface area contributed by atoms with Gasteiger partial charge in [-0.1, -0.05) is 5.16 Å². The molecular formula is C16H12N4O6S. The Balaban J connectivity index is 1.61. The van der Waals surface area contributed by atoms with E-state index in [4.69, 9.17) is 13.4 Å². The Bertz CT molecular complexity index is 1160. The second-order valence-electron chi connectivity index (χ2n) is 5.41. The van der Waals surface area contributed by atoms with Gasteiger partial charge in [-0.2, -0.15) is 4.68 Å². The number of thiazole rings is 1. The molecule has 0 aliphatic carbocycles. The SMILES string of the molecule is COC(=O)c1ccoc1Cn1nc(-c2cc(-c3csc(C)n3)on2)oc1=O. The number of hydrogen-bond donors (Lipinski definition) is 0. The first-order chi connectivity index (χ1) is 13.0. The third-order valence-corrected chi connectivity index (χ3v) is 4.42.